The Hall–Kier alpha value is -2.92. The van der Waals surface area contributed by atoms with Crippen LogP contribution in [0.4, 0.5) is 0 Å². The number of rotatable bonds is 8. The number of amides is 1. The zero-order chi connectivity index (χ0) is 19.1. The van der Waals surface area contributed by atoms with Gasteiger partial charge in [-0.1, -0.05) is 65.3 Å². The number of unbranched alkanes of at least 4 members (excludes halogenated alkanes) is 1. The van der Waals surface area contributed by atoms with E-state index < -0.39 is 6.10 Å². The van der Waals surface area contributed by atoms with Crippen LogP contribution in [-0.4, -0.2) is 22.7 Å². The number of aromatic nitrogens is 1. The Bertz CT molecular complexity index is 857. The fourth-order valence-corrected chi connectivity index (χ4v) is 2.92. The second-order valence-corrected chi connectivity index (χ2v) is 6.61. The normalized spacial score (nSPS) is 11.9. The number of hydrogen-bond donors (Lipinski definition) is 2. The molecule has 1 amide bonds. The highest BCUT2D eigenvalue weighted by molar-refractivity contribution is 5.99. The van der Waals surface area contributed by atoms with E-state index in [2.05, 4.69) is 10.5 Å². The third kappa shape index (κ3) is 5.05. The largest absolute Gasteiger partial charge is 0.388 e. The summed E-state index contributed by atoms with van der Waals surface area (Å²) >= 11 is 0. The summed E-state index contributed by atoms with van der Waals surface area (Å²) in [7, 11) is 0. The first-order chi connectivity index (χ1) is 13.1. The summed E-state index contributed by atoms with van der Waals surface area (Å²) in [6, 6.07) is 17.4. The van der Waals surface area contributed by atoms with E-state index in [9.17, 15) is 9.90 Å². The van der Waals surface area contributed by atoms with E-state index >= 15 is 0 Å². The van der Waals surface area contributed by atoms with Crippen molar-refractivity contribution in [2.75, 3.05) is 6.54 Å². The number of aryl methyl sites for hydroxylation is 1. The van der Waals surface area contributed by atoms with Gasteiger partial charge in [-0.05, 0) is 31.7 Å². The summed E-state index contributed by atoms with van der Waals surface area (Å²) in [5, 5.41) is 16.8. The molecule has 3 rings (SSSR count). The minimum Gasteiger partial charge on any atom is -0.388 e. The molecule has 140 valence electrons. The van der Waals surface area contributed by atoms with Crippen LogP contribution < -0.4 is 5.32 Å². The van der Waals surface area contributed by atoms with Gasteiger partial charge in [0.1, 0.15) is 5.56 Å². The molecule has 3 aromatic rings. The van der Waals surface area contributed by atoms with Gasteiger partial charge in [0.15, 0.2) is 5.76 Å². The number of hydrogen-bond acceptors (Lipinski definition) is 4. The van der Waals surface area contributed by atoms with E-state index in [0.717, 1.165) is 29.5 Å². The van der Waals surface area contributed by atoms with Crippen LogP contribution in [0.25, 0.3) is 11.3 Å². The van der Waals surface area contributed by atoms with Crippen LogP contribution in [0, 0.1) is 6.92 Å². The van der Waals surface area contributed by atoms with E-state index in [-0.39, 0.29) is 5.91 Å². The molecule has 0 aliphatic rings. The quantitative estimate of drug-likeness (QED) is 0.585. The summed E-state index contributed by atoms with van der Waals surface area (Å²) in [5.74, 6) is 0.280. The van der Waals surface area contributed by atoms with Crippen molar-refractivity contribution in [2.24, 2.45) is 0 Å². The lowest BCUT2D eigenvalue weighted by Crippen LogP contribution is -2.24. The van der Waals surface area contributed by atoms with Crippen LogP contribution in [0.5, 0.6) is 0 Å². The van der Waals surface area contributed by atoms with Gasteiger partial charge >= 0.3 is 0 Å². The van der Waals surface area contributed by atoms with Gasteiger partial charge in [0, 0.05) is 12.1 Å². The van der Waals surface area contributed by atoms with Crippen molar-refractivity contribution < 1.29 is 14.4 Å². The fourth-order valence-electron chi connectivity index (χ4n) is 2.92. The second kappa shape index (κ2) is 9.14. The number of benzene rings is 2. The number of carbonyl (C=O) groups excluding carboxylic acids is 1. The van der Waals surface area contributed by atoms with Crippen LogP contribution in [0.3, 0.4) is 0 Å². The topological polar surface area (TPSA) is 75.4 Å². The standard InChI is InChI=1S/C22H24N2O3/c1-16-10-12-18(13-11-16)21-19(15-24-27-21)22(26)23-14-6-5-9-20(25)17-7-3-2-4-8-17/h2-4,7-8,10-13,15,20,25H,5-6,9,14H2,1H3,(H,23,26). The molecule has 1 atom stereocenters. The third-order valence-electron chi connectivity index (χ3n) is 4.50. The minimum atomic E-state index is -0.465. The highest BCUT2D eigenvalue weighted by Crippen LogP contribution is 2.24. The van der Waals surface area contributed by atoms with E-state index in [1.807, 2.05) is 61.5 Å². The first kappa shape index (κ1) is 18.9. The third-order valence-corrected chi connectivity index (χ3v) is 4.50. The molecule has 0 aliphatic carbocycles. The summed E-state index contributed by atoms with van der Waals surface area (Å²) in [4.78, 5) is 12.4. The van der Waals surface area contributed by atoms with Crippen LogP contribution >= 0.6 is 0 Å². The molecular formula is C22H24N2O3. The van der Waals surface area contributed by atoms with Gasteiger partial charge in [-0.15, -0.1) is 0 Å². The lowest BCUT2D eigenvalue weighted by molar-refractivity contribution is 0.0952. The van der Waals surface area contributed by atoms with Crippen molar-refractivity contribution in [2.45, 2.75) is 32.3 Å². The Kier molecular flexibility index (Phi) is 6.39. The van der Waals surface area contributed by atoms with E-state index in [1.54, 1.807) is 0 Å². The molecule has 2 aromatic carbocycles. The molecule has 0 fully saturated rings. The Morgan fingerprint density at radius 2 is 1.85 bits per heavy atom. The van der Waals surface area contributed by atoms with Crippen molar-refractivity contribution in [1.29, 1.82) is 0 Å². The molecule has 1 heterocycles. The highest BCUT2D eigenvalue weighted by atomic mass is 16.5. The Morgan fingerprint density at radius 3 is 2.59 bits per heavy atom. The highest BCUT2D eigenvalue weighted by Gasteiger charge is 2.17. The van der Waals surface area contributed by atoms with Crippen LogP contribution in [0.1, 0.15) is 46.9 Å². The molecule has 0 aliphatic heterocycles. The average Bonchev–Trinajstić information content (AvgIpc) is 3.18. The van der Waals surface area contributed by atoms with Crippen molar-refractivity contribution in [3.63, 3.8) is 0 Å². The van der Waals surface area contributed by atoms with E-state index in [0.29, 0.717) is 24.3 Å². The van der Waals surface area contributed by atoms with E-state index in [1.165, 1.54) is 6.20 Å². The molecule has 5 nitrogen and oxygen atoms in total. The number of nitrogens with zero attached hydrogens (tertiary/aromatic N) is 1. The van der Waals surface area contributed by atoms with Crippen molar-refractivity contribution in [1.82, 2.24) is 10.5 Å². The number of aliphatic hydroxyl groups is 1. The predicted molar refractivity (Wildman–Crippen MR) is 104 cm³/mol. The molecular weight excluding hydrogens is 340 g/mol. The van der Waals surface area contributed by atoms with Crippen molar-refractivity contribution in [3.05, 3.63) is 77.5 Å². The van der Waals surface area contributed by atoms with Gasteiger partial charge in [0.05, 0.1) is 12.3 Å². The molecule has 0 saturated carbocycles. The second-order valence-electron chi connectivity index (χ2n) is 6.61. The Balaban J connectivity index is 1.46. The summed E-state index contributed by atoms with van der Waals surface area (Å²) in [5.41, 5.74) is 3.33. The van der Waals surface area contributed by atoms with Crippen molar-refractivity contribution >= 4 is 5.91 Å². The average molecular weight is 364 g/mol. The fraction of sp³-hybridized carbons (Fsp3) is 0.273. The first-order valence-corrected chi connectivity index (χ1v) is 9.18. The summed E-state index contributed by atoms with van der Waals surface area (Å²) < 4.78 is 5.28. The molecule has 0 spiro atoms. The van der Waals surface area contributed by atoms with Gasteiger partial charge in [0.25, 0.3) is 5.91 Å². The molecule has 5 heteroatoms. The Labute approximate surface area is 159 Å². The number of carbonyl (C=O) groups is 1. The number of nitrogens with one attached hydrogen (secondary N) is 1. The van der Waals surface area contributed by atoms with Crippen LogP contribution in [0.15, 0.2) is 65.3 Å². The van der Waals surface area contributed by atoms with Crippen LogP contribution in [-0.2, 0) is 0 Å². The molecule has 1 unspecified atom stereocenters. The zero-order valence-electron chi connectivity index (χ0n) is 15.4. The lowest BCUT2D eigenvalue weighted by Gasteiger charge is -2.11. The maximum Gasteiger partial charge on any atom is 0.256 e. The van der Waals surface area contributed by atoms with Gasteiger partial charge in [0.2, 0.25) is 0 Å². The summed E-state index contributed by atoms with van der Waals surface area (Å²) in [6.07, 6.45) is 3.27. The van der Waals surface area contributed by atoms with E-state index in [4.69, 9.17) is 4.52 Å². The smallest absolute Gasteiger partial charge is 0.256 e. The lowest BCUT2D eigenvalue weighted by atomic mass is 10.0. The minimum absolute atomic E-state index is 0.199. The molecule has 0 saturated heterocycles. The van der Waals surface area contributed by atoms with Gasteiger partial charge in [-0.2, -0.15) is 0 Å². The molecule has 2 N–H and O–H groups in total. The van der Waals surface area contributed by atoms with Gasteiger partial charge in [-0.3, -0.25) is 4.79 Å². The molecule has 27 heavy (non-hydrogen) atoms. The maximum absolute atomic E-state index is 12.4. The molecule has 0 bridgehead atoms. The molecule has 0 radical (unpaired) electrons. The van der Waals surface area contributed by atoms with Gasteiger partial charge < -0.3 is 14.9 Å². The maximum atomic E-state index is 12.4. The Morgan fingerprint density at radius 1 is 1.11 bits per heavy atom. The SMILES string of the molecule is Cc1ccc(-c2oncc2C(=O)NCCCCC(O)c2ccccc2)cc1. The molecule has 1 aromatic heterocycles. The van der Waals surface area contributed by atoms with Crippen LogP contribution in [0.2, 0.25) is 0 Å². The monoisotopic (exact) mass is 364 g/mol. The summed E-state index contributed by atoms with van der Waals surface area (Å²) in [6.45, 7) is 2.55. The zero-order valence-corrected chi connectivity index (χ0v) is 15.4. The van der Waals surface area contributed by atoms with Gasteiger partial charge in [-0.25, -0.2) is 0 Å². The first-order valence-electron chi connectivity index (χ1n) is 9.18. The van der Waals surface area contributed by atoms with Crippen molar-refractivity contribution in [3.8, 4) is 11.3 Å². The number of aliphatic hydroxyl groups excluding tert-OH is 1. The predicted octanol–water partition coefficient (Wildman–Crippen LogP) is 4.28.